The van der Waals surface area contributed by atoms with Gasteiger partial charge in [-0.1, -0.05) is 6.08 Å². The molecule has 0 aromatic heterocycles. The summed E-state index contributed by atoms with van der Waals surface area (Å²) in [5, 5.41) is 0. The molecule has 1 fully saturated rings. The summed E-state index contributed by atoms with van der Waals surface area (Å²) in [5.41, 5.74) is -0.354. The first-order valence-corrected chi connectivity index (χ1v) is 5.86. The van der Waals surface area contributed by atoms with Crippen molar-refractivity contribution in [1.29, 1.82) is 0 Å². The van der Waals surface area contributed by atoms with E-state index in [4.69, 9.17) is 0 Å². The number of hydrogen-bond acceptors (Lipinski definition) is 2. The summed E-state index contributed by atoms with van der Waals surface area (Å²) in [5.74, 6) is 0. The van der Waals surface area contributed by atoms with Gasteiger partial charge >= 0.3 is 0 Å². The molecule has 0 saturated carbocycles. The number of sulfonamides is 1. The van der Waals surface area contributed by atoms with Crippen molar-refractivity contribution in [1.82, 2.24) is 4.31 Å². The van der Waals surface area contributed by atoms with Gasteiger partial charge in [-0.15, -0.1) is 6.58 Å². The zero-order chi connectivity index (χ0) is 9.41. The second kappa shape index (κ2) is 2.85. The highest BCUT2D eigenvalue weighted by atomic mass is 32.2. The van der Waals surface area contributed by atoms with Crippen LogP contribution in [0, 0.1) is 0 Å². The lowest BCUT2D eigenvalue weighted by atomic mass is 10.0. The highest BCUT2D eigenvalue weighted by Gasteiger charge is 2.39. The molecule has 1 aliphatic rings. The van der Waals surface area contributed by atoms with E-state index in [0.717, 1.165) is 12.8 Å². The van der Waals surface area contributed by atoms with Gasteiger partial charge in [-0.3, -0.25) is 0 Å². The Balaban J connectivity index is 3.00. The third-order valence-corrected chi connectivity index (χ3v) is 3.85. The highest BCUT2D eigenvalue weighted by molar-refractivity contribution is 7.88. The molecule has 1 rings (SSSR count). The molecule has 3 nitrogen and oxygen atoms in total. The van der Waals surface area contributed by atoms with Crippen molar-refractivity contribution in [3.8, 4) is 0 Å². The molecule has 0 aromatic carbocycles. The van der Waals surface area contributed by atoms with Crippen molar-refractivity contribution in [2.24, 2.45) is 0 Å². The Hall–Kier alpha value is -0.350. The van der Waals surface area contributed by atoms with Crippen LogP contribution in [0.1, 0.15) is 19.8 Å². The average molecular weight is 189 g/mol. The summed E-state index contributed by atoms with van der Waals surface area (Å²) >= 11 is 0. The Kier molecular flexibility index (Phi) is 2.31. The van der Waals surface area contributed by atoms with Crippen LogP contribution in [0.15, 0.2) is 12.7 Å². The molecule has 0 aliphatic carbocycles. The minimum Gasteiger partial charge on any atom is -0.212 e. The second-order valence-corrected chi connectivity index (χ2v) is 5.41. The van der Waals surface area contributed by atoms with Crippen molar-refractivity contribution in [3.05, 3.63) is 12.7 Å². The zero-order valence-corrected chi connectivity index (χ0v) is 8.39. The third-order valence-electron chi connectivity index (χ3n) is 2.45. The van der Waals surface area contributed by atoms with Gasteiger partial charge in [-0.25, -0.2) is 8.42 Å². The Morgan fingerprint density at radius 3 is 2.50 bits per heavy atom. The van der Waals surface area contributed by atoms with E-state index in [1.165, 1.54) is 10.6 Å². The first-order valence-electron chi connectivity index (χ1n) is 4.01. The van der Waals surface area contributed by atoms with Crippen LogP contribution < -0.4 is 0 Å². The van der Waals surface area contributed by atoms with Crippen LogP contribution in [-0.2, 0) is 10.0 Å². The maximum Gasteiger partial charge on any atom is 0.211 e. The van der Waals surface area contributed by atoms with Crippen molar-refractivity contribution in [2.45, 2.75) is 25.3 Å². The predicted molar refractivity (Wildman–Crippen MR) is 49.4 cm³/mol. The lowest BCUT2D eigenvalue weighted by Gasteiger charge is -2.29. The molecule has 1 heterocycles. The molecule has 12 heavy (non-hydrogen) atoms. The molecule has 70 valence electrons. The quantitative estimate of drug-likeness (QED) is 0.607. The van der Waals surface area contributed by atoms with Crippen molar-refractivity contribution < 1.29 is 8.42 Å². The van der Waals surface area contributed by atoms with Gasteiger partial charge in [0.25, 0.3) is 0 Å². The molecular formula is C8H15NO2S. The minimum absolute atomic E-state index is 0.354. The van der Waals surface area contributed by atoms with E-state index in [1.807, 2.05) is 6.92 Å². The molecule has 0 radical (unpaired) electrons. The zero-order valence-electron chi connectivity index (χ0n) is 7.58. The predicted octanol–water partition coefficient (Wildman–Crippen LogP) is 0.987. The van der Waals surface area contributed by atoms with Gasteiger partial charge in [-0.2, -0.15) is 4.31 Å². The monoisotopic (exact) mass is 189 g/mol. The van der Waals surface area contributed by atoms with Crippen LogP contribution in [0.4, 0.5) is 0 Å². The fourth-order valence-corrected chi connectivity index (χ4v) is 3.09. The Morgan fingerprint density at radius 1 is 1.58 bits per heavy atom. The largest absolute Gasteiger partial charge is 0.212 e. The van der Waals surface area contributed by atoms with Crippen molar-refractivity contribution in [2.75, 3.05) is 12.8 Å². The van der Waals surface area contributed by atoms with E-state index in [0.29, 0.717) is 6.54 Å². The van der Waals surface area contributed by atoms with Gasteiger partial charge in [0.2, 0.25) is 10.0 Å². The Labute approximate surface area is 74.1 Å². The van der Waals surface area contributed by atoms with Gasteiger partial charge < -0.3 is 0 Å². The summed E-state index contributed by atoms with van der Waals surface area (Å²) < 4.78 is 24.1. The summed E-state index contributed by atoms with van der Waals surface area (Å²) in [6.07, 6.45) is 4.78. The average Bonchev–Trinajstić information content (AvgIpc) is 2.31. The number of hydrogen-bond donors (Lipinski definition) is 0. The summed E-state index contributed by atoms with van der Waals surface area (Å²) in [6.45, 7) is 6.21. The fourth-order valence-electron chi connectivity index (χ4n) is 1.71. The van der Waals surface area contributed by atoms with Crippen LogP contribution >= 0.6 is 0 Å². The molecule has 0 N–H and O–H groups in total. The first kappa shape index (κ1) is 9.74. The van der Waals surface area contributed by atoms with Gasteiger partial charge in [-0.05, 0) is 19.8 Å². The van der Waals surface area contributed by atoms with Crippen molar-refractivity contribution in [3.63, 3.8) is 0 Å². The second-order valence-electron chi connectivity index (χ2n) is 3.50. The maximum absolute atomic E-state index is 11.3. The van der Waals surface area contributed by atoms with Crippen molar-refractivity contribution >= 4 is 10.0 Å². The molecule has 0 aromatic rings. The van der Waals surface area contributed by atoms with Crippen LogP contribution in [0.2, 0.25) is 0 Å². The molecule has 0 amide bonds. The standard InChI is InChI=1S/C8H15NO2S/c1-4-8(2)6-5-7-9(8)12(3,10)11/h4H,1,5-7H2,2-3H3. The Morgan fingerprint density at radius 2 is 2.17 bits per heavy atom. The lowest BCUT2D eigenvalue weighted by molar-refractivity contribution is 0.331. The molecule has 1 unspecified atom stereocenters. The number of rotatable bonds is 2. The van der Waals surface area contributed by atoms with Gasteiger partial charge in [0, 0.05) is 6.54 Å². The molecule has 1 saturated heterocycles. The van der Waals surface area contributed by atoms with E-state index in [-0.39, 0.29) is 5.54 Å². The fraction of sp³-hybridized carbons (Fsp3) is 0.750. The van der Waals surface area contributed by atoms with Gasteiger partial charge in [0.15, 0.2) is 0 Å². The summed E-state index contributed by atoms with van der Waals surface area (Å²) in [7, 11) is -3.06. The molecule has 0 spiro atoms. The molecule has 1 atom stereocenters. The van der Waals surface area contributed by atoms with E-state index < -0.39 is 10.0 Å². The van der Waals surface area contributed by atoms with Crippen LogP contribution in [0.3, 0.4) is 0 Å². The number of nitrogens with zero attached hydrogens (tertiary/aromatic N) is 1. The molecule has 1 aliphatic heterocycles. The highest BCUT2D eigenvalue weighted by Crippen LogP contribution is 2.31. The van der Waals surface area contributed by atoms with Crippen LogP contribution in [-0.4, -0.2) is 31.1 Å². The summed E-state index contributed by atoms with van der Waals surface area (Å²) in [4.78, 5) is 0. The minimum atomic E-state index is -3.06. The van der Waals surface area contributed by atoms with E-state index in [1.54, 1.807) is 6.08 Å². The summed E-state index contributed by atoms with van der Waals surface area (Å²) in [6, 6.07) is 0. The van der Waals surface area contributed by atoms with Gasteiger partial charge in [0.05, 0.1) is 11.8 Å². The molecule has 4 heteroatoms. The van der Waals surface area contributed by atoms with Crippen LogP contribution in [0.25, 0.3) is 0 Å². The van der Waals surface area contributed by atoms with E-state index >= 15 is 0 Å². The topological polar surface area (TPSA) is 37.4 Å². The van der Waals surface area contributed by atoms with Gasteiger partial charge in [0.1, 0.15) is 0 Å². The Bertz CT molecular complexity index is 283. The molecule has 0 bridgehead atoms. The van der Waals surface area contributed by atoms with E-state index in [2.05, 4.69) is 6.58 Å². The first-order chi connectivity index (χ1) is 5.40. The SMILES string of the molecule is C=CC1(C)CCCN1S(C)(=O)=O. The third kappa shape index (κ3) is 1.54. The molecular weight excluding hydrogens is 174 g/mol. The maximum atomic E-state index is 11.3. The lowest BCUT2D eigenvalue weighted by Crippen LogP contribution is -2.42. The van der Waals surface area contributed by atoms with E-state index in [9.17, 15) is 8.42 Å². The smallest absolute Gasteiger partial charge is 0.211 e. The normalized spacial score (nSPS) is 32.2. The van der Waals surface area contributed by atoms with Crippen LogP contribution in [0.5, 0.6) is 0 Å².